The molecule has 0 bridgehead atoms. The van der Waals surface area contributed by atoms with Crippen LogP contribution in [0.1, 0.15) is 6.92 Å². The van der Waals surface area contributed by atoms with Crippen LogP contribution in [-0.4, -0.2) is 61.5 Å². The maximum absolute atomic E-state index is 12.2. The monoisotopic (exact) mass is 207 g/mol. The first-order valence-electron chi connectivity index (χ1n) is 5.08. The van der Waals surface area contributed by atoms with Crippen molar-refractivity contribution in [3.8, 4) is 0 Å². The van der Waals surface area contributed by atoms with Gasteiger partial charge in [-0.2, -0.15) is 0 Å². The van der Waals surface area contributed by atoms with Crippen molar-refractivity contribution in [1.82, 2.24) is 9.80 Å². The Morgan fingerprint density at radius 1 is 1.43 bits per heavy atom. The van der Waals surface area contributed by atoms with Crippen molar-refractivity contribution in [2.75, 3.05) is 39.3 Å². The topological polar surface area (TPSA) is 32.5 Å². The molecule has 0 unspecified atom stereocenters. The van der Waals surface area contributed by atoms with Gasteiger partial charge in [0.1, 0.15) is 0 Å². The Labute approximate surface area is 83.8 Å². The summed E-state index contributed by atoms with van der Waals surface area (Å²) in [5, 5.41) is 0. The SMILES string of the molecule is C[C@@H]1CN(CCN)CCN1CC(F)F. The lowest BCUT2D eigenvalue weighted by Gasteiger charge is -2.39. The molecule has 14 heavy (non-hydrogen) atoms. The predicted molar refractivity (Wildman–Crippen MR) is 52.5 cm³/mol. The zero-order valence-electron chi connectivity index (χ0n) is 8.63. The van der Waals surface area contributed by atoms with E-state index in [-0.39, 0.29) is 12.6 Å². The second-order valence-electron chi connectivity index (χ2n) is 3.82. The first kappa shape index (κ1) is 11.8. The van der Waals surface area contributed by atoms with Gasteiger partial charge in [0.25, 0.3) is 6.43 Å². The highest BCUT2D eigenvalue weighted by Crippen LogP contribution is 2.10. The number of piperazine rings is 1. The fourth-order valence-electron chi connectivity index (χ4n) is 1.90. The zero-order valence-corrected chi connectivity index (χ0v) is 8.63. The smallest absolute Gasteiger partial charge is 0.251 e. The average molecular weight is 207 g/mol. The standard InChI is InChI=1S/C9H19F2N3/c1-8-6-13(3-2-12)4-5-14(8)7-9(10)11/h8-9H,2-7,12H2,1H3/t8-/m1/s1. The summed E-state index contributed by atoms with van der Waals surface area (Å²) < 4.78 is 24.3. The van der Waals surface area contributed by atoms with Gasteiger partial charge in [0.05, 0.1) is 6.54 Å². The summed E-state index contributed by atoms with van der Waals surface area (Å²) in [5.74, 6) is 0. The van der Waals surface area contributed by atoms with Gasteiger partial charge in [-0.3, -0.25) is 9.80 Å². The first-order valence-corrected chi connectivity index (χ1v) is 5.08. The van der Waals surface area contributed by atoms with E-state index in [1.165, 1.54) is 0 Å². The Balaban J connectivity index is 2.32. The van der Waals surface area contributed by atoms with E-state index in [9.17, 15) is 8.78 Å². The number of hydrogen-bond donors (Lipinski definition) is 1. The van der Waals surface area contributed by atoms with E-state index >= 15 is 0 Å². The summed E-state index contributed by atoms with van der Waals surface area (Å²) >= 11 is 0. The molecule has 0 aromatic rings. The third-order valence-electron chi connectivity index (χ3n) is 2.67. The molecule has 0 aromatic carbocycles. The van der Waals surface area contributed by atoms with E-state index in [1.807, 2.05) is 11.8 Å². The molecule has 1 atom stereocenters. The van der Waals surface area contributed by atoms with Crippen LogP contribution in [0.3, 0.4) is 0 Å². The van der Waals surface area contributed by atoms with Gasteiger partial charge >= 0.3 is 0 Å². The molecule has 84 valence electrons. The second-order valence-corrected chi connectivity index (χ2v) is 3.82. The second kappa shape index (κ2) is 5.58. The zero-order chi connectivity index (χ0) is 10.6. The van der Waals surface area contributed by atoms with E-state index in [4.69, 9.17) is 5.73 Å². The minimum absolute atomic E-state index is 0.0996. The van der Waals surface area contributed by atoms with E-state index in [0.29, 0.717) is 6.54 Å². The Hall–Kier alpha value is -0.260. The van der Waals surface area contributed by atoms with Crippen LogP contribution in [0, 0.1) is 0 Å². The number of nitrogens with two attached hydrogens (primary N) is 1. The minimum Gasteiger partial charge on any atom is -0.329 e. The van der Waals surface area contributed by atoms with E-state index in [2.05, 4.69) is 4.90 Å². The van der Waals surface area contributed by atoms with Gasteiger partial charge in [0, 0.05) is 38.8 Å². The molecule has 0 spiro atoms. The molecule has 2 N–H and O–H groups in total. The Bertz CT molecular complexity index is 166. The highest BCUT2D eigenvalue weighted by Gasteiger charge is 2.24. The van der Waals surface area contributed by atoms with Crippen LogP contribution in [-0.2, 0) is 0 Å². The highest BCUT2D eigenvalue weighted by molar-refractivity contribution is 4.79. The number of halogens is 2. The molecular formula is C9H19F2N3. The van der Waals surface area contributed by atoms with Crippen molar-refractivity contribution in [3.05, 3.63) is 0 Å². The molecule has 1 fully saturated rings. The van der Waals surface area contributed by atoms with Crippen LogP contribution in [0.4, 0.5) is 8.78 Å². The molecule has 1 aliphatic rings. The van der Waals surface area contributed by atoms with Gasteiger partial charge in [-0.25, -0.2) is 8.78 Å². The molecule has 0 saturated carbocycles. The first-order chi connectivity index (χ1) is 6.63. The predicted octanol–water partition coefficient (Wildman–Crippen LogP) is 0.216. The number of alkyl halides is 2. The fourth-order valence-corrected chi connectivity index (χ4v) is 1.90. The molecule has 0 aromatic heterocycles. The third-order valence-corrected chi connectivity index (χ3v) is 2.67. The Morgan fingerprint density at radius 2 is 2.14 bits per heavy atom. The summed E-state index contributed by atoms with van der Waals surface area (Å²) in [5.41, 5.74) is 5.44. The lowest BCUT2D eigenvalue weighted by molar-refractivity contribution is 0.0274. The van der Waals surface area contributed by atoms with Crippen LogP contribution in [0.15, 0.2) is 0 Å². The summed E-state index contributed by atoms with van der Waals surface area (Å²) in [4.78, 5) is 4.07. The van der Waals surface area contributed by atoms with Crippen LogP contribution < -0.4 is 5.73 Å². The van der Waals surface area contributed by atoms with Gasteiger partial charge in [0.2, 0.25) is 0 Å². The quantitative estimate of drug-likeness (QED) is 0.715. The van der Waals surface area contributed by atoms with Crippen molar-refractivity contribution in [3.63, 3.8) is 0 Å². The molecule has 0 radical (unpaired) electrons. The average Bonchev–Trinajstić information content (AvgIpc) is 2.10. The van der Waals surface area contributed by atoms with Crippen molar-refractivity contribution in [2.45, 2.75) is 19.4 Å². The maximum atomic E-state index is 12.2. The van der Waals surface area contributed by atoms with Crippen LogP contribution in [0.2, 0.25) is 0 Å². The lowest BCUT2D eigenvalue weighted by Crippen LogP contribution is -2.53. The van der Waals surface area contributed by atoms with Gasteiger partial charge in [-0.15, -0.1) is 0 Å². The number of rotatable bonds is 4. The molecule has 1 saturated heterocycles. The summed E-state index contributed by atoms with van der Waals surface area (Å²) in [6.07, 6.45) is -2.22. The number of nitrogens with zero attached hydrogens (tertiary/aromatic N) is 2. The largest absolute Gasteiger partial charge is 0.329 e. The van der Waals surface area contributed by atoms with Gasteiger partial charge in [0.15, 0.2) is 0 Å². The van der Waals surface area contributed by atoms with Crippen LogP contribution in [0.25, 0.3) is 0 Å². The molecule has 5 heteroatoms. The molecule has 1 heterocycles. The lowest BCUT2D eigenvalue weighted by atomic mass is 10.2. The van der Waals surface area contributed by atoms with E-state index in [1.54, 1.807) is 0 Å². The maximum Gasteiger partial charge on any atom is 0.251 e. The molecule has 3 nitrogen and oxygen atoms in total. The van der Waals surface area contributed by atoms with E-state index in [0.717, 1.165) is 26.2 Å². The fraction of sp³-hybridized carbons (Fsp3) is 1.00. The van der Waals surface area contributed by atoms with Crippen LogP contribution >= 0.6 is 0 Å². The van der Waals surface area contributed by atoms with Gasteiger partial charge in [-0.1, -0.05) is 0 Å². The van der Waals surface area contributed by atoms with Crippen LogP contribution in [0.5, 0.6) is 0 Å². The molecule has 1 aliphatic heterocycles. The molecule has 0 amide bonds. The summed E-state index contributed by atoms with van der Waals surface area (Å²) in [7, 11) is 0. The normalized spacial score (nSPS) is 25.9. The molecule has 0 aliphatic carbocycles. The van der Waals surface area contributed by atoms with Crippen molar-refractivity contribution < 1.29 is 8.78 Å². The van der Waals surface area contributed by atoms with E-state index < -0.39 is 6.43 Å². The Kier molecular flexibility index (Phi) is 4.71. The minimum atomic E-state index is -2.22. The van der Waals surface area contributed by atoms with Crippen molar-refractivity contribution in [2.24, 2.45) is 5.73 Å². The van der Waals surface area contributed by atoms with Gasteiger partial charge in [-0.05, 0) is 6.92 Å². The summed E-state index contributed by atoms with van der Waals surface area (Å²) in [6.45, 7) is 5.83. The van der Waals surface area contributed by atoms with Crippen molar-refractivity contribution in [1.29, 1.82) is 0 Å². The molecule has 1 rings (SSSR count). The highest BCUT2D eigenvalue weighted by atomic mass is 19.3. The van der Waals surface area contributed by atoms with Crippen molar-refractivity contribution >= 4 is 0 Å². The Morgan fingerprint density at radius 3 is 2.64 bits per heavy atom. The van der Waals surface area contributed by atoms with Gasteiger partial charge < -0.3 is 5.73 Å². The number of hydrogen-bond acceptors (Lipinski definition) is 3. The molecular weight excluding hydrogens is 188 g/mol. The third kappa shape index (κ3) is 3.48. The summed E-state index contributed by atoms with van der Waals surface area (Å²) in [6, 6.07) is 0.212.